The van der Waals surface area contributed by atoms with E-state index in [0.29, 0.717) is 0 Å². The summed E-state index contributed by atoms with van der Waals surface area (Å²) in [6.45, 7) is 6.53. The van der Waals surface area contributed by atoms with E-state index in [-0.39, 0.29) is 0 Å². The summed E-state index contributed by atoms with van der Waals surface area (Å²) < 4.78 is 9.16. The van der Waals surface area contributed by atoms with Crippen molar-refractivity contribution < 1.29 is 9.13 Å². The van der Waals surface area contributed by atoms with Gasteiger partial charge in [0.25, 0.3) is 0 Å². The summed E-state index contributed by atoms with van der Waals surface area (Å²) >= 11 is 0. The average molecular weight is 527 g/mol. The van der Waals surface area contributed by atoms with Crippen LogP contribution in [0.4, 0.5) is 0 Å². The van der Waals surface area contributed by atoms with Gasteiger partial charge in [0, 0.05) is 88.6 Å². The van der Waals surface area contributed by atoms with Crippen molar-refractivity contribution in [1.29, 1.82) is 0 Å². The van der Waals surface area contributed by atoms with E-state index in [2.05, 4.69) is 149 Å². The van der Waals surface area contributed by atoms with Crippen molar-refractivity contribution in [2.24, 2.45) is 14.1 Å². The van der Waals surface area contributed by atoms with Crippen LogP contribution in [0, 0.1) is 13.8 Å². The second kappa shape index (κ2) is 11.0. The molecule has 2 aromatic carbocycles. The molecule has 0 bridgehead atoms. The van der Waals surface area contributed by atoms with E-state index >= 15 is 0 Å². The lowest BCUT2D eigenvalue weighted by Gasteiger charge is -2.08. The SMILES string of the molecule is Cc1c(/C=C/c2c(C)n(CCCC[n+]3ccc(-c4cc[n+](C)cc4)cc3)c3ccccc23)c2ccccc2n1C. The summed E-state index contributed by atoms with van der Waals surface area (Å²) in [5.41, 5.74) is 10.4. The van der Waals surface area contributed by atoms with Crippen LogP contribution in [0.5, 0.6) is 0 Å². The number of fused-ring (bicyclic) bond motifs is 2. The zero-order chi connectivity index (χ0) is 27.6. The third kappa shape index (κ3) is 4.86. The van der Waals surface area contributed by atoms with Gasteiger partial charge >= 0.3 is 0 Å². The first-order valence-electron chi connectivity index (χ1n) is 14.3. The molecule has 0 atom stereocenters. The Hall–Kier alpha value is -4.44. The molecule has 0 saturated heterocycles. The molecule has 0 aliphatic heterocycles. The molecule has 4 aromatic heterocycles. The van der Waals surface area contributed by atoms with E-state index in [4.69, 9.17) is 0 Å². The van der Waals surface area contributed by atoms with Crippen LogP contribution in [0.15, 0.2) is 97.6 Å². The minimum absolute atomic E-state index is 1.02. The Kier molecular flexibility index (Phi) is 7.08. The number of hydrogen-bond donors (Lipinski definition) is 0. The van der Waals surface area contributed by atoms with Gasteiger partial charge in [0.05, 0.1) is 0 Å². The van der Waals surface area contributed by atoms with Gasteiger partial charge < -0.3 is 9.13 Å². The highest BCUT2D eigenvalue weighted by Crippen LogP contribution is 2.31. The molecule has 6 rings (SSSR count). The highest BCUT2D eigenvalue weighted by Gasteiger charge is 2.14. The van der Waals surface area contributed by atoms with Gasteiger partial charge in [0.15, 0.2) is 24.8 Å². The second-order valence-electron chi connectivity index (χ2n) is 10.9. The van der Waals surface area contributed by atoms with E-state index in [9.17, 15) is 0 Å². The first-order chi connectivity index (χ1) is 19.5. The normalized spacial score (nSPS) is 11.8. The maximum absolute atomic E-state index is 2.51. The van der Waals surface area contributed by atoms with Gasteiger partial charge in [-0.1, -0.05) is 48.6 Å². The monoisotopic (exact) mass is 526 g/mol. The van der Waals surface area contributed by atoms with Crippen LogP contribution in [-0.4, -0.2) is 9.13 Å². The van der Waals surface area contributed by atoms with Gasteiger partial charge in [-0.05, 0) is 43.5 Å². The zero-order valence-electron chi connectivity index (χ0n) is 24.0. The molecule has 4 heterocycles. The molecule has 0 amide bonds. The van der Waals surface area contributed by atoms with Crippen LogP contribution >= 0.6 is 0 Å². The molecule has 0 unspecified atom stereocenters. The van der Waals surface area contributed by atoms with Crippen molar-refractivity contribution in [3.8, 4) is 11.1 Å². The fourth-order valence-electron chi connectivity index (χ4n) is 5.94. The van der Waals surface area contributed by atoms with E-state index in [0.717, 1.165) is 25.9 Å². The van der Waals surface area contributed by atoms with Crippen molar-refractivity contribution in [1.82, 2.24) is 9.13 Å². The Morgan fingerprint density at radius 3 is 1.88 bits per heavy atom. The number of aryl methyl sites for hydroxylation is 4. The van der Waals surface area contributed by atoms with Crippen molar-refractivity contribution in [2.45, 2.75) is 39.8 Å². The fraction of sp³-hybridized carbons (Fsp3) is 0.222. The quantitative estimate of drug-likeness (QED) is 0.148. The molecule has 0 fully saturated rings. The predicted molar refractivity (Wildman–Crippen MR) is 166 cm³/mol. The Bertz CT molecular complexity index is 1820. The minimum Gasteiger partial charge on any atom is -0.347 e. The molecule has 0 N–H and O–H groups in total. The smallest absolute Gasteiger partial charge is 0.169 e. The van der Waals surface area contributed by atoms with Gasteiger partial charge in [0.2, 0.25) is 0 Å². The highest BCUT2D eigenvalue weighted by molar-refractivity contribution is 5.98. The highest BCUT2D eigenvalue weighted by atomic mass is 15.0. The standard InChI is InChI=1S/C36H38N4/c1-27-31(33-11-5-7-13-35(33)38(27)4)15-16-32-28(2)40(36-14-8-6-12-34(32)36)22-10-9-21-39-25-19-30(20-26-39)29-17-23-37(3)24-18-29/h5-8,11-20,23-26H,9-10,21-22H2,1-4H3/q+2/b16-15+. The Morgan fingerprint density at radius 2 is 1.20 bits per heavy atom. The minimum atomic E-state index is 1.02. The number of para-hydroxylation sites is 2. The Balaban J connectivity index is 1.17. The molecule has 0 aliphatic rings. The lowest BCUT2D eigenvalue weighted by molar-refractivity contribution is -0.697. The van der Waals surface area contributed by atoms with Crippen LogP contribution in [0.2, 0.25) is 0 Å². The van der Waals surface area contributed by atoms with Crippen molar-refractivity contribution in [3.05, 3.63) is 120 Å². The first kappa shape index (κ1) is 25.8. The lowest BCUT2D eigenvalue weighted by Crippen LogP contribution is -2.32. The number of rotatable bonds is 8. The maximum atomic E-state index is 2.51. The van der Waals surface area contributed by atoms with E-state index in [1.807, 2.05) is 7.05 Å². The van der Waals surface area contributed by atoms with Crippen molar-refractivity contribution >= 4 is 34.0 Å². The third-order valence-corrected chi connectivity index (χ3v) is 8.40. The number of hydrogen-bond acceptors (Lipinski definition) is 0. The Labute approximate surface area is 237 Å². The van der Waals surface area contributed by atoms with Gasteiger partial charge in [-0.2, -0.15) is 0 Å². The second-order valence-corrected chi connectivity index (χ2v) is 10.9. The van der Waals surface area contributed by atoms with Crippen LogP contribution < -0.4 is 9.13 Å². The van der Waals surface area contributed by atoms with Crippen LogP contribution in [0.1, 0.15) is 35.4 Å². The number of pyridine rings is 2. The van der Waals surface area contributed by atoms with Crippen LogP contribution in [-0.2, 0) is 27.2 Å². The fourth-order valence-corrected chi connectivity index (χ4v) is 5.94. The molecule has 4 heteroatoms. The summed E-state index contributed by atoms with van der Waals surface area (Å²) in [6, 6.07) is 26.3. The molecule has 200 valence electrons. The number of aromatic nitrogens is 4. The van der Waals surface area contributed by atoms with Crippen LogP contribution in [0.25, 0.3) is 45.1 Å². The van der Waals surface area contributed by atoms with Crippen LogP contribution in [0.3, 0.4) is 0 Å². The molecule has 40 heavy (non-hydrogen) atoms. The van der Waals surface area contributed by atoms with E-state index < -0.39 is 0 Å². The third-order valence-electron chi connectivity index (χ3n) is 8.40. The largest absolute Gasteiger partial charge is 0.347 e. The van der Waals surface area contributed by atoms with Gasteiger partial charge in [0.1, 0.15) is 13.6 Å². The first-order valence-corrected chi connectivity index (χ1v) is 14.3. The summed E-state index contributed by atoms with van der Waals surface area (Å²) in [5.74, 6) is 0. The maximum Gasteiger partial charge on any atom is 0.169 e. The molecule has 0 aliphatic carbocycles. The zero-order valence-corrected chi connectivity index (χ0v) is 24.0. The summed E-state index contributed by atoms with van der Waals surface area (Å²) in [6.07, 6.45) is 15.5. The number of benzene rings is 2. The summed E-state index contributed by atoms with van der Waals surface area (Å²) in [5, 5.41) is 2.64. The number of unbranched alkanes of at least 4 members (excludes halogenated alkanes) is 1. The average Bonchev–Trinajstić information content (AvgIpc) is 3.39. The Morgan fingerprint density at radius 1 is 0.650 bits per heavy atom. The van der Waals surface area contributed by atoms with Gasteiger partial charge in [-0.15, -0.1) is 0 Å². The molecule has 0 spiro atoms. The van der Waals surface area contributed by atoms with Crippen molar-refractivity contribution in [2.75, 3.05) is 0 Å². The van der Waals surface area contributed by atoms with Gasteiger partial charge in [-0.3, -0.25) is 0 Å². The van der Waals surface area contributed by atoms with Gasteiger partial charge in [-0.25, -0.2) is 9.13 Å². The van der Waals surface area contributed by atoms with Crippen molar-refractivity contribution in [3.63, 3.8) is 0 Å². The van der Waals surface area contributed by atoms with E-state index in [1.54, 1.807) is 0 Å². The summed E-state index contributed by atoms with van der Waals surface area (Å²) in [4.78, 5) is 0. The topological polar surface area (TPSA) is 17.6 Å². The molecule has 6 aromatic rings. The molecule has 0 saturated carbocycles. The molecular formula is C36H38N4+2. The number of nitrogens with zero attached hydrogens (tertiary/aromatic N) is 4. The molecular weight excluding hydrogens is 488 g/mol. The summed E-state index contributed by atoms with van der Waals surface area (Å²) in [7, 11) is 4.20. The molecule has 4 nitrogen and oxygen atoms in total. The lowest BCUT2D eigenvalue weighted by atomic mass is 10.1. The molecule has 0 radical (unpaired) electrons. The predicted octanol–water partition coefficient (Wildman–Crippen LogP) is 7.18. The van der Waals surface area contributed by atoms with E-state index in [1.165, 1.54) is 55.4 Å².